The van der Waals surface area contributed by atoms with Crippen molar-refractivity contribution in [3.8, 4) is 0 Å². The third-order valence-corrected chi connectivity index (χ3v) is 1.54. The van der Waals surface area contributed by atoms with Crippen LogP contribution in [0.1, 0.15) is 13.8 Å². The van der Waals surface area contributed by atoms with E-state index < -0.39 is 0 Å². The molecule has 0 aromatic carbocycles. The molecule has 0 aliphatic carbocycles. The monoisotopic (exact) mass is 201 g/mol. The Labute approximate surface area is 87.5 Å². The van der Waals surface area contributed by atoms with Crippen LogP contribution in [-0.4, -0.2) is 39.5 Å². The Bertz CT molecular complexity index is 126. The van der Waals surface area contributed by atoms with Crippen LogP contribution in [0.25, 0.3) is 0 Å². The van der Waals surface area contributed by atoms with Gasteiger partial charge in [0, 0.05) is 19.7 Å². The van der Waals surface area contributed by atoms with Crippen molar-refractivity contribution < 1.29 is 9.47 Å². The van der Waals surface area contributed by atoms with Gasteiger partial charge >= 0.3 is 0 Å². The maximum Gasteiger partial charge on any atom is 0.0701 e. The van der Waals surface area contributed by atoms with E-state index in [9.17, 15) is 0 Å². The van der Waals surface area contributed by atoms with Crippen molar-refractivity contribution in [3.05, 3.63) is 12.7 Å². The molecule has 84 valence electrons. The van der Waals surface area contributed by atoms with Crippen molar-refractivity contribution in [2.45, 2.75) is 13.8 Å². The summed E-state index contributed by atoms with van der Waals surface area (Å²) >= 11 is 0. The fourth-order valence-corrected chi connectivity index (χ4v) is 0.887. The molecule has 0 unspecified atom stereocenters. The van der Waals surface area contributed by atoms with Gasteiger partial charge < -0.3 is 14.8 Å². The predicted molar refractivity (Wildman–Crippen MR) is 59.5 cm³/mol. The minimum atomic E-state index is 0.601. The van der Waals surface area contributed by atoms with Crippen LogP contribution < -0.4 is 5.32 Å². The number of nitrogens with one attached hydrogen (secondary N) is 1. The second-order valence-electron chi connectivity index (χ2n) is 3.57. The summed E-state index contributed by atoms with van der Waals surface area (Å²) < 4.78 is 10.7. The summed E-state index contributed by atoms with van der Waals surface area (Å²) in [6, 6.07) is 0. The molecule has 3 heteroatoms. The highest BCUT2D eigenvalue weighted by atomic mass is 16.5. The van der Waals surface area contributed by atoms with Crippen molar-refractivity contribution in [2.24, 2.45) is 5.92 Å². The SMILES string of the molecule is C=CCNCCOCCOCC(C)C. The molecule has 0 spiro atoms. The van der Waals surface area contributed by atoms with Gasteiger partial charge in [-0.1, -0.05) is 19.9 Å². The van der Waals surface area contributed by atoms with Crippen LogP contribution in [0.4, 0.5) is 0 Å². The van der Waals surface area contributed by atoms with E-state index in [1.807, 2.05) is 6.08 Å². The molecule has 0 aromatic heterocycles. The summed E-state index contributed by atoms with van der Waals surface area (Å²) in [7, 11) is 0. The van der Waals surface area contributed by atoms with Crippen LogP contribution in [0, 0.1) is 5.92 Å². The van der Waals surface area contributed by atoms with Crippen molar-refractivity contribution >= 4 is 0 Å². The lowest BCUT2D eigenvalue weighted by Gasteiger charge is -2.07. The van der Waals surface area contributed by atoms with Gasteiger partial charge in [-0.05, 0) is 5.92 Å². The van der Waals surface area contributed by atoms with E-state index in [0.29, 0.717) is 19.1 Å². The maximum absolute atomic E-state index is 5.36. The highest BCUT2D eigenvalue weighted by Gasteiger charge is 1.93. The first kappa shape index (κ1) is 13.6. The third kappa shape index (κ3) is 11.6. The Kier molecular flexibility index (Phi) is 10.4. The smallest absolute Gasteiger partial charge is 0.0701 e. The fourth-order valence-electron chi connectivity index (χ4n) is 0.887. The van der Waals surface area contributed by atoms with Gasteiger partial charge in [0.05, 0.1) is 19.8 Å². The molecule has 0 atom stereocenters. The Morgan fingerprint density at radius 1 is 1.21 bits per heavy atom. The van der Waals surface area contributed by atoms with E-state index in [0.717, 1.165) is 26.3 Å². The van der Waals surface area contributed by atoms with Gasteiger partial charge in [-0.3, -0.25) is 0 Å². The highest BCUT2D eigenvalue weighted by Crippen LogP contribution is 1.91. The van der Waals surface area contributed by atoms with Crippen molar-refractivity contribution in [1.29, 1.82) is 0 Å². The standard InChI is InChI=1S/C11H23NO2/c1-4-5-12-6-7-13-8-9-14-10-11(2)3/h4,11-12H,1,5-10H2,2-3H3. The number of hydrogen-bond acceptors (Lipinski definition) is 3. The summed E-state index contributed by atoms with van der Waals surface area (Å²) in [5.74, 6) is 0.601. The summed E-state index contributed by atoms with van der Waals surface area (Å²) in [5.41, 5.74) is 0. The second-order valence-corrected chi connectivity index (χ2v) is 3.57. The van der Waals surface area contributed by atoms with Crippen LogP contribution in [0.15, 0.2) is 12.7 Å². The normalized spacial score (nSPS) is 10.8. The molecule has 0 rings (SSSR count). The van der Waals surface area contributed by atoms with E-state index in [4.69, 9.17) is 9.47 Å². The topological polar surface area (TPSA) is 30.5 Å². The summed E-state index contributed by atoms with van der Waals surface area (Å²) in [6.07, 6.45) is 1.84. The van der Waals surface area contributed by atoms with Crippen LogP contribution >= 0.6 is 0 Å². The van der Waals surface area contributed by atoms with Crippen LogP contribution in [-0.2, 0) is 9.47 Å². The van der Waals surface area contributed by atoms with Gasteiger partial charge in [0.15, 0.2) is 0 Å². The largest absolute Gasteiger partial charge is 0.379 e. The molecule has 0 aliphatic heterocycles. The molecular formula is C11H23NO2. The minimum absolute atomic E-state index is 0.601. The Hall–Kier alpha value is -0.380. The van der Waals surface area contributed by atoms with Crippen molar-refractivity contribution in [1.82, 2.24) is 5.32 Å². The molecule has 3 nitrogen and oxygen atoms in total. The zero-order valence-electron chi connectivity index (χ0n) is 9.42. The molecule has 0 aromatic rings. The maximum atomic E-state index is 5.36. The van der Waals surface area contributed by atoms with Gasteiger partial charge in [-0.15, -0.1) is 6.58 Å². The first-order valence-corrected chi connectivity index (χ1v) is 5.24. The minimum Gasteiger partial charge on any atom is -0.379 e. The van der Waals surface area contributed by atoms with Crippen LogP contribution in [0.3, 0.4) is 0 Å². The first-order valence-electron chi connectivity index (χ1n) is 5.24. The lowest BCUT2D eigenvalue weighted by atomic mass is 10.2. The van der Waals surface area contributed by atoms with E-state index in [2.05, 4.69) is 25.7 Å². The van der Waals surface area contributed by atoms with Crippen LogP contribution in [0.5, 0.6) is 0 Å². The number of hydrogen-bond donors (Lipinski definition) is 1. The molecule has 0 radical (unpaired) electrons. The predicted octanol–water partition coefficient (Wildman–Crippen LogP) is 1.45. The van der Waals surface area contributed by atoms with Crippen molar-refractivity contribution in [3.63, 3.8) is 0 Å². The zero-order chi connectivity index (χ0) is 10.6. The van der Waals surface area contributed by atoms with Crippen LogP contribution in [0.2, 0.25) is 0 Å². The highest BCUT2D eigenvalue weighted by molar-refractivity contribution is 4.68. The zero-order valence-corrected chi connectivity index (χ0v) is 9.42. The van der Waals surface area contributed by atoms with Gasteiger partial charge in [-0.25, -0.2) is 0 Å². The van der Waals surface area contributed by atoms with E-state index >= 15 is 0 Å². The van der Waals surface area contributed by atoms with Gasteiger partial charge in [0.1, 0.15) is 0 Å². The first-order chi connectivity index (χ1) is 6.77. The Morgan fingerprint density at radius 3 is 2.57 bits per heavy atom. The van der Waals surface area contributed by atoms with E-state index in [1.165, 1.54) is 0 Å². The molecule has 14 heavy (non-hydrogen) atoms. The lowest BCUT2D eigenvalue weighted by molar-refractivity contribution is 0.0389. The van der Waals surface area contributed by atoms with Gasteiger partial charge in [-0.2, -0.15) is 0 Å². The Morgan fingerprint density at radius 2 is 1.93 bits per heavy atom. The molecule has 0 bridgehead atoms. The van der Waals surface area contributed by atoms with E-state index in [1.54, 1.807) is 0 Å². The van der Waals surface area contributed by atoms with Gasteiger partial charge in [0.25, 0.3) is 0 Å². The molecular weight excluding hydrogens is 178 g/mol. The fraction of sp³-hybridized carbons (Fsp3) is 0.818. The second kappa shape index (κ2) is 10.7. The van der Waals surface area contributed by atoms with Crippen molar-refractivity contribution in [2.75, 3.05) is 39.5 Å². The lowest BCUT2D eigenvalue weighted by Crippen LogP contribution is -2.20. The third-order valence-electron chi connectivity index (χ3n) is 1.54. The summed E-state index contributed by atoms with van der Waals surface area (Å²) in [6.45, 7) is 12.5. The number of rotatable bonds is 10. The number of ether oxygens (including phenoxy) is 2. The average molecular weight is 201 g/mol. The quantitative estimate of drug-likeness (QED) is 0.429. The molecule has 0 amide bonds. The molecule has 0 saturated heterocycles. The molecule has 0 saturated carbocycles. The molecule has 0 heterocycles. The van der Waals surface area contributed by atoms with Gasteiger partial charge in [0.2, 0.25) is 0 Å². The summed E-state index contributed by atoms with van der Waals surface area (Å²) in [4.78, 5) is 0. The summed E-state index contributed by atoms with van der Waals surface area (Å²) in [5, 5.41) is 3.16. The molecule has 0 fully saturated rings. The molecule has 1 N–H and O–H groups in total. The Balaban J connectivity index is 2.88. The van der Waals surface area contributed by atoms with E-state index in [-0.39, 0.29) is 0 Å². The molecule has 0 aliphatic rings. The average Bonchev–Trinajstić information content (AvgIpc) is 2.15.